The summed E-state index contributed by atoms with van der Waals surface area (Å²) >= 11 is 12.0. The molecule has 8 heteroatoms. The number of amides is 2. The summed E-state index contributed by atoms with van der Waals surface area (Å²) in [5.41, 5.74) is 0.804. The van der Waals surface area contributed by atoms with E-state index in [9.17, 15) is 14.7 Å². The molecule has 0 aliphatic carbocycles. The summed E-state index contributed by atoms with van der Waals surface area (Å²) < 4.78 is 0. The van der Waals surface area contributed by atoms with Gasteiger partial charge in [0.1, 0.15) is 0 Å². The molecule has 0 aromatic heterocycles. The molecule has 1 aromatic carbocycles. The molecule has 2 aliphatic heterocycles. The van der Waals surface area contributed by atoms with Crippen LogP contribution in [0.4, 0.5) is 0 Å². The SMILES string of the molecule is C[C@@H]1CN(CCCCN2CCN(C(=O)/C=C/c3ccc(Cl)c(Cl)c3)CCC2=O)CC[C@@H]1O. The molecule has 1 aromatic rings. The number of carbonyl (C=O) groups is 2. The van der Waals surface area contributed by atoms with E-state index in [1.165, 1.54) is 6.08 Å². The third-order valence-electron chi connectivity index (χ3n) is 6.36. The minimum absolute atomic E-state index is 0.105. The molecule has 0 bridgehead atoms. The van der Waals surface area contributed by atoms with Gasteiger partial charge in [0.25, 0.3) is 0 Å². The minimum Gasteiger partial charge on any atom is -0.393 e. The lowest BCUT2D eigenvalue weighted by atomic mass is 9.96. The highest BCUT2D eigenvalue weighted by atomic mass is 35.5. The van der Waals surface area contributed by atoms with Crippen molar-refractivity contribution in [2.75, 3.05) is 45.8 Å². The molecule has 2 heterocycles. The van der Waals surface area contributed by atoms with E-state index in [1.54, 1.807) is 29.2 Å². The fraction of sp³-hybridized carbons (Fsp3) is 0.583. The highest BCUT2D eigenvalue weighted by molar-refractivity contribution is 6.42. The van der Waals surface area contributed by atoms with Gasteiger partial charge in [-0.2, -0.15) is 0 Å². The van der Waals surface area contributed by atoms with Crippen molar-refractivity contribution in [1.82, 2.24) is 14.7 Å². The van der Waals surface area contributed by atoms with Gasteiger partial charge in [0.2, 0.25) is 11.8 Å². The summed E-state index contributed by atoms with van der Waals surface area (Å²) in [6, 6.07) is 5.22. The monoisotopic (exact) mass is 481 g/mol. The summed E-state index contributed by atoms with van der Waals surface area (Å²) in [4.78, 5) is 31.1. The predicted molar refractivity (Wildman–Crippen MR) is 129 cm³/mol. The lowest BCUT2D eigenvalue weighted by Gasteiger charge is -2.34. The Kier molecular flexibility index (Phi) is 9.41. The number of hydrogen-bond acceptors (Lipinski definition) is 4. The van der Waals surface area contributed by atoms with Crippen LogP contribution in [0.1, 0.15) is 38.2 Å². The number of benzene rings is 1. The number of carbonyl (C=O) groups excluding carboxylic acids is 2. The molecule has 6 nitrogen and oxygen atoms in total. The van der Waals surface area contributed by atoms with Crippen LogP contribution >= 0.6 is 23.2 Å². The van der Waals surface area contributed by atoms with Gasteiger partial charge in [0.05, 0.1) is 16.1 Å². The molecule has 176 valence electrons. The van der Waals surface area contributed by atoms with E-state index in [2.05, 4.69) is 11.8 Å². The van der Waals surface area contributed by atoms with Crippen molar-refractivity contribution in [3.8, 4) is 0 Å². The van der Waals surface area contributed by atoms with Crippen LogP contribution in [0.2, 0.25) is 10.0 Å². The van der Waals surface area contributed by atoms with Gasteiger partial charge >= 0.3 is 0 Å². The van der Waals surface area contributed by atoms with E-state index in [0.717, 1.165) is 51.0 Å². The zero-order valence-electron chi connectivity index (χ0n) is 18.7. The summed E-state index contributed by atoms with van der Waals surface area (Å²) in [5, 5.41) is 10.8. The van der Waals surface area contributed by atoms with Gasteiger partial charge in [-0.25, -0.2) is 0 Å². The number of aliphatic hydroxyl groups excluding tert-OH is 1. The second-order valence-electron chi connectivity index (χ2n) is 8.80. The van der Waals surface area contributed by atoms with E-state index in [0.29, 0.717) is 42.0 Å². The largest absolute Gasteiger partial charge is 0.393 e. The number of halogens is 2. The highest BCUT2D eigenvalue weighted by Crippen LogP contribution is 2.23. The Morgan fingerprint density at radius 3 is 2.66 bits per heavy atom. The average Bonchev–Trinajstić information content (AvgIpc) is 2.96. The van der Waals surface area contributed by atoms with Crippen LogP contribution in [-0.4, -0.2) is 83.5 Å². The molecule has 1 N–H and O–H groups in total. The number of aliphatic hydroxyl groups is 1. The second-order valence-corrected chi connectivity index (χ2v) is 9.62. The number of nitrogens with zero attached hydrogens (tertiary/aromatic N) is 3. The minimum atomic E-state index is -0.175. The second kappa shape index (κ2) is 12.0. The number of piperidine rings is 1. The fourth-order valence-corrected chi connectivity index (χ4v) is 4.58. The van der Waals surface area contributed by atoms with Gasteiger partial charge in [-0.3, -0.25) is 9.59 Å². The Labute approximate surface area is 200 Å². The number of likely N-dealkylation sites (tertiary alicyclic amines) is 1. The van der Waals surface area contributed by atoms with Crippen LogP contribution < -0.4 is 0 Å². The van der Waals surface area contributed by atoms with Crippen LogP contribution in [0.5, 0.6) is 0 Å². The van der Waals surface area contributed by atoms with Crippen molar-refractivity contribution in [1.29, 1.82) is 0 Å². The molecular formula is C24H33Cl2N3O3. The topological polar surface area (TPSA) is 64.1 Å². The zero-order chi connectivity index (χ0) is 23.1. The van der Waals surface area contributed by atoms with Gasteiger partial charge in [-0.1, -0.05) is 36.2 Å². The van der Waals surface area contributed by atoms with Crippen LogP contribution in [0, 0.1) is 5.92 Å². The zero-order valence-corrected chi connectivity index (χ0v) is 20.2. The first-order valence-corrected chi connectivity index (χ1v) is 12.2. The maximum atomic E-state index is 12.6. The van der Waals surface area contributed by atoms with Crippen molar-refractivity contribution in [2.24, 2.45) is 5.92 Å². The number of hydrogen-bond donors (Lipinski definition) is 1. The maximum Gasteiger partial charge on any atom is 0.246 e. The fourth-order valence-electron chi connectivity index (χ4n) is 4.27. The van der Waals surface area contributed by atoms with E-state index >= 15 is 0 Å². The Hall–Kier alpha value is -1.60. The first-order chi connectivity index (χ1) is 15.3. The molecule has 2 atom stereocenters. The summed E-state index contributed by atoms with van der Waals surface area (Å²) in [6.07, 6.45) is 6.24. The summed E-state index contributed by atoms with van der Waals surface area (Å²) in [6.45, 7) is 7.26. The maximum absolute atomic E-state index is 12.6. The van der Waals surface area contributed by atoms with Crippen LogP contribution in [-0.2, 0) is 9.59 Å². The normalized spacial score (nSPS) is 23.1. The standard InChI is InChI=1S/C24H33Cl2N3O3/c1-18-17-27(12-8-22(18)30)10-2-3-11-28-14-15-29(13-9-24(28)32)23(31)7-5-19-4-6-20(25)21(26)16-19/h4-7,16,18,22,30H,2-3,8-15,17H2,1H3/b7-5+/t18-,22+/m1/s1. The Bertz CT molecular complexity index is 833. The summed E-state index contributed by atoms with van der Waals surface area (Å²) in [7, 11) is 0. The molecule has 2 aliphatic rings. The number of rotatable bonds is 7. The first kappa shape index (κ1) is 25.0. The molecule has 0 spiro atoms. The van der Waals surface area contributed by atoms with Crippen molar-refractivity contribution >= 4 is 41.1 Å². The average molecular weight is 482 g/mol. The van der Waals surface area contributed by atoms with Gasteiger partial charge in [-0.05, 0) is 55.5 Å². The summed E-state index contributed by atoms with van der Waals surface area (Å²) in [5.74, 6) is 0.334. The lowest BCUT2D eigenvalue weighted by Crippen LogP contribution is -2.42. The first-order valence-electron chi connectivity index (χ1n) is 11.4. The van der Waals surface area contributed by atoms with Crippen molar-refractivity contribution in [3.63, 3.8) is 0 Å². The lowest BCUT2D eigenvalue weighted by molar-refractivity contribution is -0.130. The van der Waals surface area contributed by atoms with Gasteiger partial charge in [0.15, 0.2) is 0 Å². The Balaban J connectivity index is 1.41. The third-order valence-corrected chi connectivity index (χ3v) is 7.10. The van der Waals surface area contributed by atoms with E-state index < -0.39 is 0 Å². The molecule has 2 saturated heterocycles. The molecule has 2 amide bonds. The molecule has 2 fully saturated rings. The van der Waals surface area contributed by atoms with Gasteiger partial charge in [0, 0.05) is 51.8 Å². The third kappa shape index (κ3) is 7.20. The predicted octanol–water partition coefficient (Wildman–Crippen LogP) is 3.55. The molecule has 3 rings (SSSR count). The van der Waals surface area contributed by atoms with Crippen LogP contribution in [0.15, 0.2) is 24.3 Å². The van der Waals surface area contributed by atoms with E-state index in [4.69, 9.17) is 23.2 Å². The molecule has 0 unspecified atom stereocenters. The molecule has 0 radical (unpaired) electrons. The highest BCUT2D eigenvalue weighted by Gasteiger charge is 2.24. The van der Waals surface area contributed by atoms with E-state index in [-0.39, 0.29) is 17.9 Å². The van der Waals surface area contributed by atoms with Crippen molar-refractivity contribution in [2.45, 2.75) is 38.7 Å². The Morgan fingerprint density at radius 2 is 1.91 bits per heavy atom. The number of unbranched alkanes of at least 4 members (excludes halogenated alkanes) is 1. The van der Waals surface area contributed by atoms with Gasteiger partial charge < -0.3 is 19.8 Å². The van der Waals surface area contributed by atoms with Crippen LogP contribution in [0.3, 0.4) is 0 Å². The van der Waals surface area contributed by atoms with E-state index in [1.807, 2.05) is 4.90 Å². The quantitative estimate of drug-likeness (QED) is 0.477. The molecule has 0 saturated carbocycles. The van der Waals surface area contributed by atoms with Gasteiger partial charge in [-0.15, -0.1) is 0 Å². The molecule has 32 heavy (non-hydrogen) atoms. The van der Waals surface area contributed by atoms with Crippen molar-refractivity contribution < 1.29 is 14.7 Å². The smallest absolute Gasteiger partial charge is 0.246 e. The molecular weight excluding hydrogens is 449 g/mol. The van der Waals surface area contributed by atoms with Crippen molar-refractivity contribution in [3.05, 3.63) is 39.9 Å². The van der Waals surface area contributed by atoms with Crippen LogP contribution in [0.25, 0.3) is 6.08 Å². The Morgan fingerprint density at radius 1 is 1.12 bits per heavy atom.